The van der Waals surface area contributed by atoms with Crippen LogP contribution < -0.4 is 0 Å². The van der Waals surface area contributed by atoms with Crippen molar-refractivity contribution in [2.75, 3.05) is 13.2 Å². The Bertz CT molecular complexity index is 370. The minimum atomic E-state index is -0.222. The molecule has 84 valence electrons. The number of hydrogen-bond donors (Lipinski definition) is 0. The number of carbonyl (C=O) groups is 1. The van der Waals surface area contributed by atoms with Crippen molar-refractivity contribution < 1.29 is 14.3 Å². The van der Waals surface area contributed by atoms with E-state index in [1.807, 2.05) is 36.4 Å². The van der Waals surface area contributed by atoms with Gasteiger partial charge in [-0.3, -0.25) is 4.79 Å². The zero-order valence-electron chi connectivity index (χ0n) is 8.96. The molecule has 0 amide bonds. The van der Waals surface area contributed by atoms with E-state index in [2.05, 4.69) is 0 Å². The van der Waals surface area contributed by atoms with Gasteiger partial charge in [0.05, 0.1) is 19.1 Å². The SMILES string of the molecule is O=C1C[C@H](c2ccccc2)OC/C=C\CO1. The lowest BCUT2D eigenvalue weighted by Crippen LogP contribution is -2.12. The summed E-state index contributed by atoms with van der Waals surface area (Å²) in [5, 5.41) is 0. The lowest BCUT2D eigenvalue weighted by atomic mass is 10.1. The van der Waals surface area contributed by atoms with Crippen LogP contribution in [0.2, 0.25) is 0 Å². The Morgan fingerprint density at radius 1 is 1.06 bits per heavy atom. The van der Waals surface area contributed by atoms with Gasteiger partial charge in [-0.25, -0.2) is 0 Å². The summed E-state index contributed by atoms with van der Waals surface area (Å²) < 4.78 is 10.6. The fraction of sp³-hybridized carbons (Fsp3) is 0.308. The monoisotopic (exact) mass is 218 g/mol. The molecule has 0 aliphatic carbocycles. The van der Waals surface area contributed by atoms with Crippen LogP contribution in [0.15, 0.2) is 42.5 Å². The van der Waals surface area contributed by atoms with E-state index in [0.717, 1.165) is 5.56 Å². The second-order valence-electron chi connectivity index (χ2n) is 3.59. The fourth-order valence-corrected chi connectivity index (χ4v) is 1.60. The van der Waals surface area contributed by atoms with E-state index in [1.165, 1.54) is 0 Å². The average Bonchev–Trinajstić information content (AvgIpc) is 2.42. The second-order valence-corrected chi connectivity index (χ2v) is 3.59. The highest BCUT2D eigenvalue weighted by atomic mass is 16.5. The quantitative estimate of drug-likeness (QED) is 0.535. The van der Waals surface area contributed by atoms with Crippen molar-refractivity contribution in [2.45, 2.75) is 12.5 Å². The number of carbonyl (C=O) groups excluding carboxylic acids is 1. The lowest BCUT2D eigenvalue weighted by molar-refractivity contribution is -0.145. The molecule has 0 unspecified atom stereocenters. The zero-order chi connectivity index (χ0) is 11.2. The molecule has 3 nitrogen and oxygen atoms in total. The van der Waals surface area contributed by atoms with Crippen LogP contribution in [0.4, 0.5) is 0 Å². The minimum Gasteiger partial charge on any atom is -0.461 e. The van der Waals surface area contributed by atoms with E-state index < -0.39 is 0 Å². The van der Waals surface area contributed by atoms with Gasteiger partial charge in [-0.15, -0.1) is 0 Å². The first kappa shape index (κ1) is 10.9. The highest BCUT2D eigenvalue weighted by molar-refractivity contribution is 5.70. The van der Waals surface area contributed by atoms with Crippen molar-refractivity contribution in [1.82, 2.24) is 0 Å². The first-order chi connectivity index (χ1) is 7.86. The van der Waals surface area contributed by atoms with Crippen molar-refractivity contribution in [3.05, 3.63) is 48.0 Å². The summed E-state index contributed by atoms with van der Waals surface area (Å²) in [4.78, 5) is 11.4. The Kier molecular flexibility index (Phi) is 3.72. The molecule has 2 rings (SSSR count). The predicted molar refractivity (Wildman–Crippen MR) is 59.9 cm³/mol. The van der Waals surface area contributed by atoms with E-state index in [0.29, 0.717) is 13.2 Å². The Morgan fingerprint density at radius 3 is 2.62 bits per heavy atom. The van der Waals surface area contributed by atoms with E-state index in [4.69, 9.17) is 9.47 Å². The molecular weight excluding hydrogens is 204 g/mol. The van der Waals surface area contributed by atoms with Crippen LogP contribution in [-0.4, -0.2) is 19.2 Å². The molecule has 1 atom stereocenters. The fourth-order valence-electron chi connectivity index (χ4n) is 1.60. The minimum absolute atomic E-state index is 0.212. The van der Waals surface area contributed by atoms with E-state index in [1.54, 1.807) is 6.08 Å². The van der Waals surface area contributed by atoms with Crippen LogP contribution >= 0.6 is 0 Å². The molecule has 0 fully saturated rings. The van der Waals surface area contributed by atoms with Gasteiger partial charge in [0.1, 0.15) is 6.61 Å². The molecule has 0 saturated carbocycles. The summed E-state index contributed by atoms with van der Waals surface area (Å²) in [6, 6.07) is 9.73. The molecule has 1 aromatic rings. The smallest absolute Gasteiger partial charge is 0.309 e. The molecule has 0 N–H and O–H groups in total. The van der Waals surface area contributed by atoms with Gasteiger partial charge in [-0.05, 0) is 11.6 Å². The third kappa shape index (κ3) is 2.94. The zero-order valence-corrected chi connectivity index (χ0v) is 8.96. The van der Waals surface area contributed by atoms with Gasteiger partial charge in [0, 0.05) is 0 Å². The first-order valence-electron chi connectivity index (χ1n) is 5.33. The Labute approximate surface area is 94.7 Å². The van der Waals surface area contributed by atoms with Crippen molar-refractivity contribution in [3.63, 3.8) is 0 Å². The molecule has 1 aliphatic rings. The number of cyclic esters (lactones) is 1. The number of benzene rings is 1. The number of ether oxygens (including phenoxy) is 2. The summed E-state index contributed by atoms with van der Waals surface area (Å²) in [5.74, 6) is -0.222. The molecular formula is C13H14O3. The van der Waals surface area contributed by atoms with Crippen LogP contribution in [0.3, 0.4) is 0 Å². The third-order valence-electron chi connectivity index (χ3n) is 2.42. The van der Waals surface area contributed by atoms with Crippen molar-refractivity contribution in [3.8, 4) is 0 Å². The van der Waals surface area contributed by atoms with Crippen molar-refractivity contribution >= 4 is 5.97 Å². The molecule has 0 spiro atoms. The van der Waals surface area contributed by atoms with Gasteiger partial charge >= 0.3 is 5.97 Å². The normalized spacial score (nSPS) is 23.8. The third-order valence-corrected chi connectivity index (χ3v) is 2.42. The Hall–Kier alpha value is -1.61. The summed E-state index contributed by atoms with van der Waals surface area (Å²) in [6.07, 6.45) is 3.72. The molecule has 1 heterocycles. The number of rotatable bonds is 1. The Morgan fingerprint density at radius 2 is 1.81 bits per heavy atom. The van der Waals surface area contributed by atoms with Crippen LogP contribution in [0.25, 0.3) is 0 Å². The molecule has 0 saturated heterocycles. The summed E-state index contributed by atoms with van der Waals surface area (Å²) >= 11 is 0. The van der Waals surface area contributed by atoms with Crippen LogP contribution in [-0.2, 0) is 14.3 Å². The van der Waals surface area contributed by atoms with Gasteiger partial charge in [0.25, 0.3) is 0 Å². The largest absolute Gasteiger partial charge is 0.461 e. The van der Waals surface area contributed by atoms with Crippen LogP contribution in [0.1, 0.15) is 18.1 Å². The van der Waals surface area contributed by atoms with Crippen LogP contribution in [0, 0.1) is 0 Å². The maximum absolute atomic E-state index is 11.4. The van der Waals surface area contributed by atoms with E-state index in [9.17, 15) is 4.79 Å². The number of hydrogen-bond acceptors (Lipinski definition) is 3. The first-order valence-corrected chi connectivity index (χ1v) is 5.33. The Balaban J connectivity index is 2.12. The van der Waals surface area contributed by atoms with Crippen LogP contribution in [0.5, 0.6) is 0 Å². The molecule has 16 heavy (non-hydrogen) atoms. The molecule has 1 aromatic carbocycles. The average molecular weight is 218 g/mol. The molecule has 0 radical (unpaired) electrons. The van der Waals surface area contributed by atoms with E-state index >= 15 is 0 Å². The molecule has 1 aliphatic heterocycles. The maximum atomic E-state index is 11.4. The topological polar surface area (TPSA) is 35.5 Å². The predicted octanol–water partition coefficient (Wildman–Crippen LogP) is 2.25. The molecule has 0 bridgehead atoms. The van der Waals surface area contributed by atoms with Gasteiger partial charge in [-0.1, -0.05) is 36.4 Å². The molecule has 3 heteroatoms. The summed E-state index contributed by atoms with van der Waals surface area (Å²) in [7, 11) is 0. The van der Waals surface area contributed by atoms with Crippen molar-refractivity contribution in [2.24, 2.45) is 0 Å². The van der Waals surface area contributed by atoms with Gasteiger partial charge in [-0.2, -0.15) is 0 Å². The molecule has 0 aromatic heterocycles. The highest BCUT2D eigenvalue weighted by Crippen LogP contribution is 2.22. The standard InChI is InChI=1S/C13H14O3/c14-13-10-12(11-6-2-1-3-7-11)15-8-4-5-9-16-13/h1-7,12H,8-10H2/b5-4-/t12-/m1/s1. The maximum Gasteiger partial charge on any atom is 0.309 e. The van der Waals surface area contributed by atoms with E-state index in [-0.39, 0.29) is 18.5 Å². The summed E-state index contributed by atoms with van der Waals surface area (Å²) in [5.41, 5.74) is 1.01. The lowest BCUT2D eigenvalue weighted by Gasteiger charge is -2.15. The highest BCUT2D eigenvalue weighted by Gasteiger charge is 2.17. The number of esters is 1. The van der Waals surface area contributed by atoms with Gasteiger partial charge in [0.2, 0.25) is 0 Å². The summed E-state index contributed by atoms with van der Waals surface area (Å²) in [6.45, 7) is 0.847. The van der Waals surface area contributed by atoms with Crippen molar-refractivity contribution in [1.29, 1.82) is 0 Å². The second kappa shape index (κ2) is 5.47. The van der Waals surface area contributed by atoms with Gasteiger partial charge < -0.3 is 9.47 Å². The van der Waals surface area contributed by atoms with Gasteiger partial charge in [0.15, 0.2) is 0 Å².